The highest BCUT2D eigenvalue weighted by molar-refractivity contribution is 7.11. The number of rotatable bonds is 2. The SMILES string of the molecule is CCC1CCC(c2nc3c(s2)CNCC3)CC1. The van der Waals surface area contributed by atoms with Crippen molar-refractivity contribution in [3.8, 4) is 0 Å². The molecular weight excluding hydrogens is 228 g/mol. The summed E-state index contributed by atoms with van der Waals surface area (Å²) in [5, 5.41) is 4.88. The Kier molecular flexibility index (Phi) is 3.48. The zero-order valence-electron chi connectivity index (χ0n) is 10.7. The van der Waals surface area contributed by atoms with Gasteiger partial charge in [-0.15, -0.1) is 11.3 Å². The Hall–Kier alpha value is -0.410. The normalized spacial score (nSPS) is 29.0. The largest absolute Gasteiger partial charge is 0.311 e. The van der Waals surface area contributed by atoms with Crippen molar-refractivity contribution in [2.24, 2.45) is 5.92 Å². The molecule has 3 heteroatoms. The van der Waals surface area contributed by atoms with Gasteiger partial charge in [-0.05, 0) is 31.6 Å². The second-order valence-electron chi connectivity index (χ2n) is 5.47. The lowest BCUT2D eigenvalue weighted by atomic mass is 9.81. The first-order valence-corrected chi connectivity index (χ1v) is 7.87. The molecule has 1 saturated carbocycles. The fraction of sp³-hybridized carbons (Fsp3) is 0.786. The topological polar surface area (TPSA) is 24.9 Å². The predicted octanol–water partition coefficient (Wildman–Crippen LogP) is 3.47. The molecule has 0 atom stereocenters. The Labute approximate surface area is 108 Å². The Morgan fingerprint density at radius 2 is 2.12 bits per heavy atom. The van der Waals surface area contributed by atoms with Gasteiger partial charge < -0.3 is 5.32 Å². The average molecular weight is 250 g/mol. The van der Waals surface area contributed by atoms with Crippen molar-refractivity contribution in [3.63, 3.8) is 0 Å². The standard InChI is InChI=1S/C14H22N2S/c1-2-10-3-5-11(6-4-10)14-16-12-7-8-15-9-13(12)17-14/h10-11,15H,2-9H2,1H3. The van der Waals surface area contributed by atoms with Gasteiger partial charge in [0.2, 0.25) is 0 Å². The van der Waals surface area contributed by atoms with E-state index in [1.165, 1.54) is 47.7 Å². The lowest BCUT2D eigenvalue weighted by Gasteiger charge is -2.26. The third-order valence-electron chi connectivity index (χ3n) is 4.39. The van der Waals surface area contributed by atoms with E-state index in [0.717, 1.165) is 31.3 Å². The molecule has 0 spiro atoms. The summed E-state index contributed by atoms with van der Waals surface area (Å²) >= 11 is 1.98. The fourth-order valence-electron chi connectivity index (χ4n) is 3.14. The molecule has 0 aromatic carbocycles. The second-order valence-corrected chi connectivity index (χ2v) is 6.59. The first-order valence-electron chi connectivity index (χ1n) is 7.06. The molecule has 1 aromatic rings. The van der Waals surface area contributed by atoms with Crippen molar-refractivity contribution in [3.05, 3.63) is 15.6 Å². The number of hydrogen-bond donors (Lipinski definition) is 1. The molecule has 17 heavy (non-hydrogen) atoms. The molecule has 1 aliphatic carbocycles. The van der Waals surface area contributed by atoms with Crippen LogP contribution < -0.4 is 5.32 Å². The summed E-state index contributed by atoms with van der Waals surface area (Å²) in [6.45, 7) is 4.49. The van der Waals surface area contributed by atoms with Crippen LogP contribution in [0.5, 0.6) is 0 Å². The summed E-state index contributed by atoms with van der Waals surface area (Å²) < 4.78 is 0. The van der Waals surface area contributed by atoms with E-state index in [0.29, 0.717) is 0 Å². The van der Waals surface area contributed by atoms with E-state index in [2.05, 4.69) is 12.2 Å². The molecule has 0 amide bonds. The van der Waals surface area contributed by atoms with Gasteiger partial charge in [0.05, 0.1) is 10.7 Å². The molecule has 0 saturated heterocycles. The van der Waals surface area contributed by atoms with Crippen LogP contribution in [0.2, 0.25) is 0 Å². The maximum atomic E-state index is 4.90. The molecule has 3 rings (SSSR count). The lowest BCUT2D eigenvalue weighted by molar-refractivity contribution is 0.318. The molecule has 2 heterocycles. The van der Waals surface area contributed by atoms with Crippen LogP contribution in [0.3, 0.4) is 0 Å². The summed E-state index contributed by atoms with van der Waals surface area (Å²) in [7, 11) is 0. The summed E-state index contributed by atoms with van der Waals surface area (Å²) in [4.78, 5) is 6.41. The van der Waals surface area contributed by atoms with Crippen molar-refractivity contribution in [2.45, 2.75) is 57.9 Å². The van der Waals surface area contributed by atoms with E-state index >= 15 is 0 Å². The minimum Gasteiger partial charge on any atom is -0.311 e. The minimum absolute atomic E-state index is 0.772. The fourth-order valence-corrected chi connectivity index (χ4v) is 4.39. The van der Waals surface area contributed by atoms with Gasteiger partial charge in [-0.1, -0.05) is 13.3 Å². The van der Waals surface area contributed by atoms with Crippen molar-refractivity contribution >= 4 is 11.3 Å². The van der Waals surface area contributed by atoms with Gasteiger partial charge in [-0.2, -0.15) is 0 Å². The first kappa shape index (κ1) is 11.7. The molecule has 94 valence electrons. The van der Waals surface area contributed by atoms with Crippen molar-refractivity contribution < 1.29 is 0 Å². The summed E-state index contributed by atoms with van der Waals surface area (Å²) in [5.41, 5.74) is 1.39. The zero-order valence-corrected chi connectivity index (χ0v) is 11.5. The van der Waals surface area contributed by atoms with Crippen LogP contribution in [0.15, 0.2) is 0 Å². The van der Waals surface area contributed by atoms with E-state index in [1.807, 2.05) is 11.3 Å². The number of nitrogens with one attached hydrogen (secondary N) is 1. The van der Waals surface area contributed by atoms with E-state index in [-0.39, 0.29) is 0 Å². The Morgan fingerprint density at radius 1 is 1.29 bits per heavy atom. The molecule has 1 aliphatic heterocycles. The van der Waals surface area contributed by atoms with Gasteiger partial charge in [0, 0.05) is 30.3 Å². The van der Waals surface area contributed by atoms with E-state index < -0.39 is 0 Å². The number of hydrogen-bond acceptors (Lipinski definition) is 3. The summed E-state index contributed by atoms with van der Waals surface area (Å²) in [6, 6.07) is 0. The van der Waals surface area contributed by atoms with Crippen LogP contribution >= 0.6 is 11.3 Å². The third kappa shape index (κ3) is 2.41. The molecule has 2 aliphatic rings. The lowest BCUT2D eigenvalue weighted by Crippen LogP contribution is -2.22. The van der Waals surface area contributed by atoms with Crippen LogP contribution in [0, 0.1) is 5.92 Å². The smallest absolute Gasteiger partial charge is 0.0962 e. The van der Waals surface area contributed by atoms with Gasteiger partial charge in [0.1, 0.15) is 0 Å². The minimum atomic E-state index is 0.772. The molecule has 1 aromatic heterocycles. The first-order chi connectivity index (χ1) is 8.36. The number of thiazole rings is 1. The predicted molar refractivity (Wildman–Crippen MR) is 72.5 cm³/mol. The summed E-state index contributed by atoms with van der Waals surface area (Å²) in [5.74, 6) is 1.76. The van der Waals surface area contributed by atoms with E-state index in [1.54, 1.807) is 0 Å². The highest BCUT2D eigenvalue weighted by Gasteiger charge is 2.25. The monoisotopic (exact) mass is 250 g/mol. The maximum absolute atomic E-state index is 4.90. The van der Waals surface area contributed by atoms with Gasteiger partial charge in [-0.3, -0.25) is 0 Å². The third-order valence-corrected chi connectivity index (χ3v) is 5.65. The van der Waals surface area contributed by atoms with Crippen molar-refractivity contribution in [1.82, 2.24) is 10.3 Å². The van der Waals surface area contributed by atoms with Crippen LogP contribution in [0.1, 0.15) is 60.5 Å². The highest BCUT2D eigenvalue weighted by Crippen LogP contribution is 2.39. The van der Waals surface area contributed by atoms with Gasteiger partial charge in [0.25, 0.3) is 0 Å². The van der Waals surface area contributed by atoms with Crippen LogP contribution in [0.25, 0.3) is 0 Å². The van der Waals surface area contributed by atoms with E-state index in [4.69, 9.17) is 4.98 Å². The second kappa shape index (κ2) is 5.07. The Balaban J connectivity index is 1.70. The quantitative estimate of drug-likeness (QED) is 0.869. The molecule has 2 nitrogen and oxygen atoms in total. The maximum Gasteiger partial charge on any atom is 0.0962 e. The van der Waals surface area contributed by atoms with Crippen LogP contribution in [-0.4, -0.2) is 11.5 Å². The molecule has 0 bridgehead atoms. The molecule has 1 fully saturated rings. The molecule has 1 N–H and O–H groups in total. The van der Waals surface area contributed by atoms with Gasteiger partial charge >= 0.3 is 0 Å². The number of nitrogens with zero attached hydrogens (tertiary/aromatic N) is 1. The Bertz CT molecular complexity index is 354. The van der Waals surface area contributed by atoms with E-state index in [9.17, 15) is 0 Å². The zero-order chi connectivity index (χ0) is 11.7. The van der Waals surface area contributed by atoms with Crippen LogP contribution in [0.4, 0.5) is 0 Å². The van der Waals surface area contributed by atoms with Crippen LogP contribution in [-0.2, 0) is 13.0 Å². The van der Waals surface area contributed by atoms with Gasteiger partial charge in [-0.25, -0.2) is 4.98 Å². The molecular formula is C14H22N2S. The number of aromatic nitrogens is 1. The van der Waals surface area contributed by atoms with Crippen molar-refractivity contribution in [1.29, 1.82) is 0 Å². The Morgan fingerprint density at radius 3 is 2.82 bits per heavy atom. The summed E-state index contributed by atoms with van der Waals surface area (Å²) in [6.07, 6.45) is 8.09. The number of fused-ring (bicyclic) bond motifs is 1. The average Bonchev–Trinajstić information content (AvgIpc) is 2.82. The molecule has 0 radical (unpaired) electrons. The highest BCUT2D eigenvalue weighted by atomic mass is 32.1. The molecule has 0 unspecified atom stereocenters. The van der Waals surface area contributed by atoms with Gasteiger partial charge in [0.15, 0.2) is 0 Å². The van der Waals surface area contributed by atoms with Crippen molar-refractivity contribution in [2.75, 3.05) is 6.54 Å².